The normalized spacial score (nSPS) is 13.7. The van der Waals surface area contributed by atoms with Gasteiger partial charge in [0.15, 0.2) is 11.5 Å². The zero-order valence-corrected chi connectivity index (χ0v) is 17.1. The Morgan fingerprint density at radius 2 is 1.87 bits per heavy atom. The van der Waals surface area contributed by atoms with Gasteiger partial charge in [-0.25, -0.2) is 4.98 Å². The number of aromatic nitrogens is 4. The number of aryl methyl sites for hydroxylation is 2. The highest BCUT2D eigenvalue weighted by molar-refractivity contribution is 7.18. The first-order chi connectivity index (χ1) is 14.8. The van der Waals surface area contributed by atoms with E-state index in [0.717, 1.165) is 45.9 Å². The quantitative estimate of drug-likeness (QED) is 0.446. The minimum Gasteiger partial charge on any atom is -0.362 e. The lowest BCUT2D eigenvalue weighted by molar-refractivity contribution is 0.699. The van der Waals surface area contributed by atoms with Crippen LogP contribution in [0.4, 0.5) is 5.82 Å². The van der Waals surface area contributed by atoms with Gasteiger partial charge in [0.2, 0.25) is 0 Å². The van der Waals surface area contributed by atoms with Gasteiger partial charge in [-0.05, 0) is 43.4 Å². The van der Waals surface area contributed by atoms with Crippen LogP contribution in [0.25, 0.3) is 26.6 Å². The molecule has 5 aromatic rings. The molecule has 4 aromatic heterocycles. The van der Waals surface area contributed by atoms with Crippen LogP contribution in [0.2, 0.25) is 0 Å². The molecule has 0 bridgehead atoms. The third-order valence-electron chi connectivity index (χ3n) is 5.75. The van der Waals surface area contributed by atoms with Crippen LogP contribution >= 0.6 is 11.3 Å². The summed E-state index contributed by atoms with van der Waals surface area (Å²) in [5.41, 5.74) is 2.65. The Labute approximate surface area is 176 Å². The number of pyridine rings is 1. The molecular weight excluding hydrogens is 394 g/mol. The van der Waals surface area contributed by atoms with E-state index in [0.29, 0.717) is 18.0 Å². The van der Waals surface area contributed by atoms with Crippen molar-refractivity contribution in [2.24, 2.45) is 0 Å². The molecule has 7 heteroatoms. The summed E-state index contributed by atoms with van der Waals surface area (Å²) in [5, 5.41) is 10.7. The summed E-state index contributed by atoms with van der Waals surface area (Å²) in [5.74, 6) is 0.663. The Morgan fingerprint density at radius 3 is 2.73 bits per heavy atom. The van der Waals surface area contributed by atoms with Gasteiger partial charge in [0.25, 0.3) is 5.56 Å². The summed E-state index contributed by atoms with van der Waals surface area (Å²) >= 11 is 1.67. The standard InChI is InChI=1S/C23H19N5OS/c29-23-19-17-10-3-4-11-18(17)30-22(19)26-21-16-9-2-1-8-15(16)20(27-28(21)23)25-13-14-7-5-6-12-24-14/h1-2,5-9,12H,3-4,10-11,13H2,(H,25,27). The molecule has 0 fully saturated rings. The third kappa shape index (κ3) is 2.69. The number of benzene rings is 1. The first-order valence-corrected chi connectivity index (χ1v) is 11.0. The van der Waals surface area contributed by atoms with E-state index in [2.05, 4.69) is 10.3 Å². The second kappa shape index (κ2) is 6.88. The number of hydrogen-bond donors (Lipinski definition) is 1. The van der Waals surface area contributed by atoms with Gasteiger partial charge in [0.05, 0.1) is 17.6 Å². The molecule has 1 aliphatic rings. The van der Waals surface area contributed by atoms with Gasteiger partial charge in [0.1, 0.15) is 4.83 Å². The van der Waals surface area contributed by atoms with Gasteiger partial charge in [0, 0.05) is 21.8 Å². The van der Waals surface area contributed by atoms with Gasteiger partial charge >= 0.3 is 0 Å². The minimum atomic E-state index is -0.0685. The molecular formula is C23H19N5OS. The van der Waals surface area contributed by atoms with Gasteiger partial charge in [-0.1, -0.05) is 30.3 Å². The molecule has 0 amide bonds. The molecule has 0 spiro atoms. The maximum atomic E-state index is 13.5. The van der Waals surface area contributed by atoms with Crippen molar-refractivity contribution < 1.29 is 0 Å². The topological polar surface area (TPSA) is 72.2 Å². The number of nitrogens with one attached hydrogen (secondary N) is 1. The number of rotatable bonds is 3. The third-order valence-corrected chi connectivity index (χ3v) is 6.94. The van der Waals surface area contributed by atoms with Gasteiger partial charge in [-0.2, -0.15) is 4.52 Å². The first kappa shape index (κ1) is 17.5. The molecule has 0 aliphatic heterocycles. The molecule has 30 heavy (non-hydrogen) atoms. The molecule has 6 rings (SSSR count). The molecule has 0 saturated heterocycles. The lowest BCUT2D eigenvalue weighted by atomic mass is 9.97. The number of fused-ring (bicyclic) bond motifs is 6. The molecule has 4 heterocycles. The van der Waals surface area contributed by atoms with Gasteiger partial charge in [-0.3, -0.25) is 9.78 Å². The summed E-state index contributed by atoms with van der Waals surface area (Å²) in [4.78, 5) is 24.9. The van der Waals surface area contributed by atoms with Crippen LogP contribution in [0.3, 0.4) is 0 Å². The maximum Gasteiger partial charge on any atom is 0.283 e. The van der Waals surface area contributed by atoms with Crippen molar-refractivity contribution in [3.05, 3.63) is 75.1 Å². The molecule has 1 aromatic carbocycles. The van der Waals surface area contributed by atoms with E-state index < -0.39 is 0 Å². The van der Waals surface area contributed by atoms with E-state index >= 15 is 0 Å². The SMILES string of the molecule is O=c1c2c3c(sc2nc2c4ccccc4c(NCc4ccccn4)nn12)CCCC3. The van der Waals surface area contributed by atoms with Gasteiger partial charge in [-0.15, -0.1) is 16.4 Å². The molecule has 0 atom stereocenters. The van der Waals surface area contributed by atoms with Crippen molar-refractivity contribution in [1.82, 2.24) is 19.6 Å². The number of thiophene rings is 1. The van der Waals surface area contributed by atoms with Gasteiger partial charge < -0.3 is 5.32 Å². The summed E-state index contributed by atoms with van der Waals surface area (Å²) in [6, 6.07) is 13.8. The van der Waals surface area contributed by atoms with E-state index in [1.807, 2.05) is 42.5 Å². The van der Waals surface area contributed by atoms with Crippen LogP contribution < -0.4 is 10.9 Å². The fourth-order valence-electron chi connectivity index (χ4n) is 4.31. The van der Waals surface area contributed by atoms with Crippen molar-refractivity contribution in [3.63, 3.8) is 0 Å². The molecule has 0 unspecified atom stereocenters. The highest BCUT2D eigenvalue weighted by Crippen LogP contribution is 2.34. The van der Waals surface area contributed by atoms with E-state index in [-0.39, 0.29) is 5.56 Å². The van der Waals surface area contributed by atoms with Crippen LogP contribution in [0.15, 0.2) is 53.5 Å². The van der Waals surface area contributed by atoms with Crippen LogP contribution in [0.5, 0.6) is 0 Å². The fraction of sp³-hybridized carbons (Fsp3) is 0.217. The van der Waals surface area contributed by atoms with E-state index in [9.17, 15) is 4.79 Å². The first-order valence-electron chi connectivity index (χ1n) is 10.2. The molecule has 0 saturated carbocycles. The van der Waals surface area contributed by atoms with Crippen molar-refractivity contribution in [3.8, 4) is 0 Å². The molecule has 0 radical (unpaired) electrons. The number of nitrogens with zero attached hydrogens (tertiary/aromatic N) is 4. The predicted molar refractivity (Wildman–Crippen MR) is 120 cm³/mol. The van der Waals surface area contributed by atoms with Crippen molar-refractivity contribution in [2.45, 2.75) is 32.2 Å². The second-order valence-electron chi connectivity index (χ2n) is 7.61. The smallest absolute Gasteiger partial charge is 0.283 e. The lowest BCUT2D eigenvalue weighted by Gasteiger charge is -2.12. The average Bonchev–Trinajstić information content (AvgIpc) is 3.17. The Hall–Kier alpha value is -3.32. The minimum absolute atomic E-state index is 0.0685. The summed E-state index contributed by atoms with van der Waals surface area (Å²) < 4.78 is 1.48. The summed E-state index contributed by atoms with van der Waals surface area (Å²) in [6.07, 6.45) is 6.08. The number of hydrogen-bond acceptors (Lipinski definition) is 6. The van der Waals surface area contributed by atoms with Crippen molar-refractivity contribution >= 4 is 43.8 Å². The monoisotopic (exact) mass is 413 g/mol. The Bertz CT molecular complexity index is 1470. The van der Waals surface area contributed by atoms with Crippen LogP contribution in [0, 0.1) is 0 Å². The zero-order valence-electron chi connectivity index (χ0n) is 16.3. The van der Waals surface area contributed by atoms with Crippen LogP contribution in [-0.2, 0) is 19.4 Å². The second-order valence-corrected chi connectivity index (χ2v) is 8.70. The Morgan fingerprint density at radius 1 is 1.03 bits per heavy atom. The fourth-order valence-corrected chi connectivity index (χ4v) is 5.56. The average molecular weight is 414 g/mol. The Kier molecular flexibility index (Phi) is 4.02. The maximum absolute atomic E-state index is 13.5. The molecule has 6 nitrogen and oxygen atoms in total. The largest absolute Gasteiger partial charge is 0.362 e. The van der Waals surface area contributed by atoms with E-state index in [4.69, 9.17) is 10.1 Å². The Balaban J connectivity index is 1.60. The van der Waals surface area contributed by atoms with E-state index in [1.54, 1.807) is 17.5 Å². The molecule has 1 N–H and O–H groups in total. The lowest BCUT2D eigenvalue weighted by Crippen LogP contribution is -2.20. The van der Waals surface area contributed by atoms with Crippen molar-refractivity contribution in [2.75, 3.05) is 5.32 Å². The van der Waals surface area contributed by atoms with Crippen molar-refractivity contribution in [1.29, 1.82) is 0 Å². The summed E-state index contributed by atoms with van der Waals surface area (Å²) in [6.45, 7) is 0.529. The zero-order chi connectivity index (χ0) is 20.1. The molecule has 148 valence electrons. The molecule has 1 aliphatic carbocycles. The summed E-state index contributed by atoms with van der Waals surface area (Å²) in [7, 11) is 0. The highest BCUT2D eigenvalue weighted by Gasteiger charge is 2.22. The predicted octanol–water partition coefficient (Wildman–Crippen LogP) is 4.34. The van der Waals surface area contributed by atoms with Crippen LogP contribution in [-0.4, -0.2) is 19.6 Å². The highest BCUT2D eigenvalue weighted by atomic mass is 32.1. The van der Waals surface area contributed by atoms with Crippen LogP contribution in [0.1, 0.15) is 29.0 Å². The number of anilines is 1. The van der Waals surface area contributed by atoms with E-state index in [1.165, 1.54) is 21.4 Å².